The molecule has 30 heavy (non-hydrogen) atoms. The van der Waals surface area contributed by atoms with Gasteiger partial charge in [-0.25, -0.2) is 8.42 Å². The van der Waals surface area contributed by atoms with Gasteiger partial charge in [0.25, 0.3) is 5.91 Å². The topological polar surface area (TPSA) is 105 Å². The number of furan rings is 1. The molecule has 9 heteroatoms. The van der Waals surface area contributed by atoms with Gasteiger partial charge in [0.2, 0.25) is 5.91 Å². The van der Waals surface area contributed by atoms with Gasteiger partial charge in [-0.15, -0.1) is 0 Å². The molecule has 2 N–H and O–H groups in total. The lowest BCUT2D eigenvalue weighted by atomic mass is 10.3. The fraction of sp³-hybridized carbons (Fsp3) is 0.143. The Morgan fingerprint density at radius 1 is 0.933 bits per heavy atom. The van der Waals surface area contributed by atoms with Crippen LogP contribution in [0.3, 0.4) is 0 Å². The Morgan fingerprint density at radius 2 is 1.63 bits per heavy atom. The number of anilines is 1. The van der Waals surface area contributed by atoms with Gasteiger partial charge in [-0.3, -0.25) is 9.59 Å². The summed E-state index contributed by atoms with van der Waals surface area (Å²) in [7, 11) is -3.57. The monoisotopic (exact) mass is 490 g/mol. The van der Waals surface area contributed by atoms with Gasteiger partial charge < -0.3 is 15.1 Å². The van der Waals surface area contributed by atoms with Gasteiger partial charge in [0.05, 0.1) is 4.90 Å². The zero-order chi connectivity index (χ0) is 21.6. The second kappa shape index (κ2) is 9.73. The molecule has 0 saturated heterocycles. The van der Waals surface area contributed by atoms with Crippen LogP contribution in [-0.2, 0) is 20.4 Å². The van der Waals surface area contributed by atoms with Gasteiger partial charge in [-0.2, -0.15) is 0 Å². The number of rotatable bonds is 8. The SMILES string of the molecule is O=C(CCNC(=O)c1ccc(CS(=O)(=O)c2ccccc2)o1)Nc1ccc(Br)cc1. The van der Waals surface area contributed by atoms with E-state index in [2.05, 4.69) is 26.6 Å². The van der Waals surface area contributed by atoms with Crippen molar-refractivity contribution in [1.29, 1.82) is 0 Å². The summed E-state index contributed by atoms with van der Waals surface area (Å²) in [5, 5.41) is 5.31. The van der Waals surface area contributed by atoms with E-state index in [1.807, 2.05) is 12.1 Å². The number of hydrogen-bond donors (Lipinski definition) is 2. The van der Waals surface area contributed by atoms with Crippen LogP contribution in [0, 0.1) is 0 Å². The predicted octanol–water partition coefficient (Wildman–Crippen LogP) is 3.77. The molecule has 1 aromatic heterocycles. The molecule has 0 fully saturated rings. The highest BCUT2D eigenvalue weighted by Crippen LogP contribution is 2.18. The summed E-state index contributed by atoms with van der Waals surface area (Å²) in [5.74, 6) is -0.958. The molecule has 0 aliphatic heterocycles. The number of carbonyl (C=O) groups is 2. The molecule has 0 radical (unpaired) electrons. The largest absolute Gasteiger partial charge is 0.455 e. The van der Waals surface area contributed by atoms with E-state index < -0.39 is 15.7 Å². The summed E-state index contributed by atoms with van der Waals surface area (Å²) < 4.78 is 31.1. The van der Waals surface area contributed by atoms with Crippen molar-refractivity contribution >= 4 is 43.3 Å². The minimum absolute atomic E-state index is 0.0124. The molecule has 2 aromatic carbocycles. The standard InChI is InChI=1S/C21H19BrN2O5S/c22-15-6-8-16(9-7-15)24-20(25)12-13-23-21(26)19-11-10-17(29-19)14-30(27,28)18-4-2-1-3-5-18/h1-11H,12-14H2,(H,23,26)(H,24,25). The van der Waals surface area contributed by atoms with Crippen LogP contribution < -0.4 is 10.6 Å². The van der Waals surface area contributed by atoms with E-state index in [0.29, 0.717) is 5.69 Å². The lowest BCUT2D eigenvalue weighted by Gasteiger charge is -2.06. The zero-order valence-corrected chi connectivity index (χ0v) is 18.2. The first-order chi connectivity index (χ1) is 14.3. The van der Waals surface area contributed by atoms with Crippen molar-refractivity contribution in [2.75, 3.05) is 11.9 Å². The second-order valence-electron chi connectivity index (χ2n) is 6.40. The number of hydrogen-bond acceptors (Lipinski definition) is 5. The van der Waals surface area contributed by atoms with E-state index in [4.69, 9.17) is 4.42 Å². The quantitative estimate of drug-likeness (QED) is 0.499. The number of halogens is 1. The van der Waals surface area contributed by atoms with Crippen LogP contribution in [0.4, 0.5) is 5.69 Å². The predicted molar refractivity (Wildman–Crippen MR) is 116 cm³/mol. The molecule has 0 bridgehead atoms. The summed E-state index contributed by atoms with van der Waals surface area (Å²) in [6.45, 7) is 0.111. The fourth-order valence-corrected chi connectivity index (χ4v) is 4.14. The second-order valence-corrected chi connectivity index (χ2v) is 9.30. The Labute approximate surface area is 182 Å². The molecule has 1 heterocycles. The molecule has 0 aliphatic rings. The lowest BCUT2D eigenvalue weighted by molar-refractivity contribution is -0.116. The molecule has 0 aliphatic carbocycles. The first-order valence-electron chi connectivity index (χ1n) is 9.04. The third-order valence-corrected chi connectivity index (χ3v) is 6.27. The van der Waals surface area contributed by atoms with E-state index in [0.717, 1.165) is 4.47 Å². The van der Waals surface area contributed by atoms with Crippen molar-refractivity contribution in [1.82, 2.24) is 5.32 Å². The van der Waals surface area contributed by atoms with Crippen LogP contribution in [-0.4, -0.2) is 26.8 Å². The third-order valence-electron chi connectivity index (χ3n) is 4.09. The van der Waals surface area contributed by atoms with E-state index >= 15 is 0 Å². The maximum absolute atomic E-state index is 12.4. The van der Waals surface area contributed by atoms with E-state index in [1.54, 1.807) is 30.3 Å². The summed E-state index contributed by atoms with van der Waals surface area (Å²) in [4.78, 5) is 24.3. The minimum atomic E-state index is -3.57. The summed E-state index contributed by atoms with van der Waals surface area (Å²) in [5.41, 5.74) is 0.657. The summed E-state index contributed by atoms with van der Waals surface area (Å²) >= 11 is 3.32. The molecule has 3 rings (SSSR count). The molecule has 0 saturated carbocycles. The third kappa shape index (κ3) is 6.04. The number of sulfone groups is 1. The smallest absolute Gasteiger partial charge is 0.287 e. The summed E-state index contributed by atoms with van der Waals surface area (Å²) in [6.07, 6.45) is 0.0811. The maximum atomic E-state index is 12.4. The van der Waals surface area contributed by atoms with E-state index in [1.165, 1.54) is 24.3 Å². The minimum Gasteiger partial charge on any atom is -0.455 e. The number of nitrogens with one attached hydrogen (secondary N) is 2. The first-order valence-corrected chi connectivity index (χ1v) is 11.5. The van der Waals surface area contributed by atoms with Crippen LogP contribution >= 0.6 is 15.9 Å². The summed E-state index contributed by atoms with van der Waals surface area (Å²) in [6, 6.07) is 18.0. The van der Waals surface area contributed by atoms with Crippen molar-refractivity contribution in [3.05, 3.63) is 82.7 Å². The van der Waals surface area contributed by atoms with Crippen LogP contribution in [0.15, 0.2) is 80.5 Å². The first kappa shape index (κ1) is 21.8. The normalized spacial score (nSPS) is 11.1. The van der Waals surface area contributed by atoms with Crippen molar-refractivity contribution in [3.63, 3.8) is 0 Å². The molecule has 0 unspecified atom stereocenters. The van der Waals surface area contributed by atoms with Crippen molar-refractivity contribution in [2.24, 2.45) is 0 Å². The van der Waals surface area contributed by atoms with Crippen molar-refractivity contribution < 1.29 is 22.4 Å². The number of amides is 2. The van der Waals surface area contributed by atoms with Crippen LogP contribution in [0.2, 0.25) is 0 Å². The van der Waals surface area contributed by atoms with Gasteiger partial charge >= 0.3 is 0 Å². The molecule has 3 aromatic rings. The van der Waals surface area contributed by atoms with Gasteiger partial charge in [-0.05, 0) is 48.5 Å². The van der Waals surface area contributed by atoms with Crippen molar-refractivity contribution in [2.45, 2.75) is 17.1 Å². The van der Waals surface area contributed by atoms with Gasteiger partial charge in [0, 0.05) is 23.1 Å². The highest BCUT2D eigenvalue weighted by atomic mass is 79.9. The molecule has 2 amide bonds. The Hall–Kier alpha value is -2.91. The average molecular weight is 491 g/mol. The molecule has 156 valence electrons. The van der Waals surface area contributed by atoms with Gasteiger partial charge in [-0.1, -0.05) is 34.1 Å². The maximum Gasteiger partial charge on any atom is 0.287 e. The lowest BCUT2D eigenvalue weighted by Crippen LogP contribution is -2.27. The average Bonchev–Trinajstić information content (AvgIpc) is 3.18. The van der Waals surface area contributed by atoms with Crippen LogP contribution in [0.1, 0.15) is 22.7 Å². The Kier molecular flexibility index (Phi) is 7.07. The van der Waals surface area contributed by atoms with E-state index in [-0.39, 0.29) is 41.0 Å². The van der Waals surface area contributed by atoms with Gasteiger partial charge in [0.15, 0.2) is 15.6 Å². The highest BCUT2D eigenvalue weighted by molar-refractivity contribution is 9.10. The Bertz CT molecular complexity index is 1130. The fourth-order valence-electron chi connectivity index (χ4n) is 2.61. The molecular formula is C21H19BrN2O5S. The molecular weight excluding hydrogens is 472 g/mol. The Morgan fingerprint density at radius 3 is 2.33 bits per heavy atom. The molecule has 7 nitrogen and oxygen atoms in total. The number of carbonyl (C=O) groups excluding carboxylic acids is 2. The number of benzene rings is 2. The van der Waals surface area contributed by atoms with E-state index in [9.17, 15) is 18.0 Å². The molecule has 0 atom stereocenters. The van der Waals surface area contributed by atoms with Gasteiger partial charge in [0.1, 0.15) is 11.5 Å². The van der Waals surface area contributed by atoms with Crippen LogP contribution in [0.25, 0.3) is 0 Å². The van der Waals surface area contributed by atoms with Crippen LogP contribution in [0.5, 0.6) is 0 Å². The molecule has 0 spiro atoms. The zero-order valence-electron chi connectivity index (χ0n) is 15.8. The highest BCUT2D eigenvalue weighted by Gasteiger charge is 2.19. The Balaban J connectivity index is 1.49. The van der Waals surface area contributed by atoms with Crippen molar-refractivity contribution in [3.8, 4) is 0 Å².